The molecule has 0 aliphatic rings. The number of aromatic nitrogens is 1. The van der Waals surface area contributed by atoms with Crippen LogP contribution in [-0.4, -0.2) is 31.3 Å². The first-order valence-electron chi connectivity index (χ1n) is 9.70. The molecular formula is C21H32N4O2. The maximum absolute atomic E-state index is 5.94. The summed E-state index contributed by atoms with van der Waals surface area (Å²) in [5.74, 6) is 2.70. The van der Waals surface area contributed by atoms with Gasteiger partial charge in [-0.1, -0.05) is 37.2 Å². The number of aryl methyl sites for hydroxylation is 4. The number of ether oxygens (including phenoxy) is 1. The van der Waals surface area contributed by atoms with Crippen LogP contribution < -0.4 is 15.4 Å². The van der Waals surface area contributed by atoms with Gasteiger partial charge in [0, 0.05) is 32.1 Å². The Morgan fingerprint density at radius 2 is 1.89 bits per heavy atom. The molecule has 1 heterocycles. The Morgan fingerprint density at radius 3 is 2.52 bits per heavy atom. The molecule has 27 heavy (non-hydrogen) atoms. The van der Waals surface area contributed by atoms with Gasteiger partial charge in [0.2, 0.25) is 0 Å². The summed E-state index contributed by atoms with van der Waals surface area (Å²) in [6.45, 7) is 10.4. The molecule has 0 fully saturated rings. The molecule has 0 unspecified atom stereocenters. The first kappa shape index (κ1) is 20.8. The molecule has 0 bridgehead atoms. The number of nitrogens with zero attached hydrogens (tertiary/aromatic N) is 2. The second kappa shape index (κ2) is 10.6. The van der Waals surface area contributed by atoms with Gasteiger partial charge in [-0.05, 0) is 37.8 Å². The highest BCUT2D eigenvalue weighted by Gasteiger charge is 2.13. The Morgan fingerprint density at radius 1 is 1.15 bits per heavy atom. The van der Waals surface area contributed by atoms with Gasteiger partial charge in [0.15, 0.2) is 5.96 Å². The van der Waals surface area contributed by atoms with Crippen LogP contribution in [0.2, 0.25) is 0 Å². The number of hydrogen-bond donors (Lipinski definition) is 2. The Hall–Kier alpha value is -2.50. The van der Waals surface area contributed by atoms with Crippen molar-refractivity contribution in [2.75, 3.05) is 20.2 Å². The summed E-state index contributed by atoms with van der Waals surface area (Å²) in [5, 5.41) is 10.8. The van der Waals surface area contributed by atoms with Crippen molar-refractivity contribution in [2.45, 2.75) is 53.5 Å². The van der Waals surface area contributed by atoms with Crippen LogP contribution in [-0.2, 0) is 19.4 Å². The number of benzene rings is 1. The molecule has 1 aromatic heterocycles. The monoisotopic (exact) mass is 372 g/mol. The summed E-state index contributed by atoms with van der Waals surface area (Å²) in [4.78, 5) is 4.29. The van der Waals surface area contributed by atoms with E-state index in [2.05, 4.69) is 66.7 Å². The fourth-order valence-electron chi connectivity index (χ4n) is 3.01. The van der Waals surface area contributed by atoms with E-state index in [-0.39, 0.29) is 0 Å². The largest absolute Gasteiger partial charge is 0.493 e. The van der Waals surface area contributed by atoms with Crippen molar-refractivity contribution in [3.8, 4) is 5.75 Å². The van der Waals surface area contributed by atoms with E-state index in [0.717, 1.165) is 54.5 Å². The van der Waals surface area contributed by atoms with E-state index in [1.54, 1.807) is 7.05 Å². The predicted octanol–water partition coefficient (Wildman–Crippen LogP) is 3.55. The number of rotatable bonds is 9. The van der Waals surface area contributed by atoms with E-state index in [9.17, 15) is 0 Å². The molecule has 2 rings (SSSR count). The van der Waals surface area contributed by atoms with Crippen molar-refractivity contribution in [2.24, 2.45) is 4.99 Å². The molecule has 0 saturated heterocycles. The van der Waals surface area contributed by atoms with E-state index in [4.69, 9.17) is 9.26 Å². The highest BCUT2D eigenvalue weighted by molar-refractivity contribution is 5.79. The number of para-hydroxylation sites is 1. The highest BCUT2D eigenvalue weighted by atomic mass is 16.5. The lowest BCUT2D eigenvalue weighted by Crippen LogP contribution is -2.38. The highest BCUT2D eigenvalue weighted by Crippen LogP contribution is 2.22. The topological polar surface area (TPSA) is 71.7 Å². The van der Waals surface area contributed by atoms with Crippen LogP contribution in [0.25, 0.3) is 0 Å². The van der Waals surface area contributed by atoms with Crippen molar-refractivity contribution in [1.82, 2.24) is 15.8 Å². The molecule has 0 amide bonds. The number of aliphatic imine (C=N–C) groups is 1. The second-order valence-corrected chi connectivity index (χ2v) is 6.51. The van der Waals surface area contributed by atoms with Gasteiger partial charge in [-0.3, -0.25) is 4.99 Å². The third-order valence-corrected chi connectivity index (χ3v) is 4.53. The molecule has 2 aromatic rings. The van der Waals surface area contributed by atoms with E-state index in [1.807, 2.05) is 0 Å². The molecule has 0 aliphatic heterocycles. The predicted molar refractivity (Wildman–Crippen MR) is 109 cm³/mol. The lowest BCUT2D eigenvalue weighted by Gasteiger charge is -2.14. The molecule has 148 valence electrons. The Balaban J connectivity index is 1.76. The third kappa shape index (κ3) is 5.74. The smallest absolute Gasteiger partial charge is 0.191 e. The summed E-state index contributed by atoms with van der Waals surface area (Å²) in [6.07, 6.45) is 2.59. The van der Waals surface area contributed by atoms with Gasteiger partial charge in [-0.15, -0.1) is 0 Å². The molecule has 0 aliphatic carbocycles. The van der Waals surface area contributed by atoms with Gasteiger partial charge in [-0.25, -0.2) is 0 Å². The minimum atomic E-state index is 0.661. The number of nitrogens with one attached hydrogen (secondary N) is 2. The molecule has 0 radical (unpaired) electrons. The summed E-state index contributed by atoms with van der Waals surface area (Å²) >= 11 is 0. The number of hydrogen-bond acceptors (Lipinski definition) is 4. The maximum atomic E-state index is 5.94. The van der Waals surface area contributed by atoms with E-state index >= 15 is 0 Å². The molecule has 0 saturated carbocycles. The van der Waals surface area contributed by atoms with Crippen LogP contribution in [0.4, 0.5) is 0 Å². The van der Waals surface area contributed by atoms with Crippen LogP contribution >= 0.6 is 0 Å². The van der Waals surface area contributed by atoms with Crippen molar-refractivity contribution >= 4 is 5.96 Å². The summed E-state index contributed by atoms with van der Waals surface area (Å²) in [5.41, 5.74) is 4.50. The maximum Gasteiger partial charge on any atom is 0.191 e. The first-order valence-corrected chi connectivity index (χ1v) is 9.70. The van der Waals surface area contributed by atoms with Gasteiger partial charge >= 0.3 is 0 Å². The van der Waals surface area contributed by atoms with Gasteiger partial charge in [0.05, 0.1) is 12.3 Å². The number of guanidine groups is 1. The Kier molecular flexibility index (Phi) is 8.17. The minimum Gasteiger partial charge on any atom is -0.493 e. The van der Waals surface area contributed by atoms with Crippen LogP contribution in [0.15, 0.2) is 27.7 Å². The quantitative estimate of drug-likeness (QED) is 0.400. The van der Waals surface area contributed by atoms with Crippen molar-refractivity contribution < 1.29 is 9.26 Å². The fourth-order valence-corrected chi connectivity index (χ4v) is 3.01. The van der Waals surface area contributed by atoms with Gasteiger partial charge < -0.3 is 19.9 Å². The molecule has 0 spiro atoms. The van der Waals surface area contributed by atoms with Gasteiger partial charge in [0.25, 0.3) is 0 Å². The Bertz CT molecular complexity index is 711. The van der Waals surface area contributed by atoms with Gasteiger partial charge in [-0.2, -0.15) is 0 Å². The zero-order valence-electron chi connectivity index (χ0n) is 17.2. The minimum absolute atomic E-state index is 0.661. The normalized spacial score (nSPS) is 11.5. The average molecular weight is 373 g/mol. The van der Waals surface area contributed by atoms with E-state index < -0.39 is 0 Å². The van der Waals surface area contributed by atoms with Crippen molar-refractivity contribution in [3.63, 3.8) is 0 Å². The molecule has 0 atom stereocenters. The first-order chi connectivity index (χ1) is 13.1. The zero-order chi connectivity index (χ0) is 19.6. The second-order valence-electron chi connectivity index (χ2n) is 6.51. The SMILES string of the molecule is CCc1noc(CC)c1CNC(=NC)NCCCOc1c(C)cccc1C. The molecule has 6 heteroatoms. The average Bonchev–Trinajstić information content (AvgIpc) is 3.08. The van der Waals surface area contributed by atoms with E-state index in [0.29, 0.717) is 13.2 Å². The van der Waals surface area contributed by atoms with Crippen molar-refractivity contribution in [3.05, 3.63) is 46.3 Å². The summed E-state index contributed by atoms with van der Waals surface area (Å²) in [6, 6.07) is 6.20. The molecule has 6 nitrogen and oxygen atoms in total. The molecule has 2 N–H and O–H groups in total. The lowest BCUT2D eigenvalue weighted by molar-refractivity contribution is 0.307. The molecular weight excluding hydrogens is 340 g/mol. The molecule has 1 aromatic carbocycles. The lowest BCUT2D eigenvalue weighted by atomic mass is 10.1. The standard InChI is InChI=1S/C21H32N4O2/c1-6-18-17(19(7-2)27-25-18)14-24-21(22-5)23-12-9-13-26-20-15(3)10-8-11-16(20)4/h8,10-11H,6-7,9,12-14H2,1-5H3,(H2,22,23,24). The third-order valence-electron chi connectivity index (χ3n) is 4.53. The van der Waals surface area contributed by atoms with Crippen molar-refractivity contribution in [1.29, 1.82) is 0 Å². The fraction of sp³-hybridized carbons (Fsp3) is 0.524. The van der Waals surface area contributed by atoms with Gasteiger partial charge in [0.1, 0.15) is 11.5 Å². The Labute approximate surface area is 162 Å². The zero-order valence-corrected chi connectivity index (χ0v) is 17.2. The van der Waals surface area contributed by atoms with Crippen LogP contribution in [0.1, 0.15) is 48.4 Å². The van der Waals surface area contributed by atoms with Crippen LogP contribution in [0, 0.1) is 13.8 Å². The summed E-state index contributed by atoms with van der Waals surface area (Å²) in [7, 11) is 1.78. The summed E-state index contributed by atoms with van der Waals surface area (Å²) < 4.78 is 11.4. The van der Waals surface area contributed by atoms with Crippen LogP contribution in [0.3, 0.4) is 0 Å². The van der Waals surface area contributed by atoms with Crippen LogP contribution in [0.5, 0.6) is 5.75 Å². The van der Waals surface area contributed by atoms with E-state index in [1.165, 1.54) is 11.1 Å².